The number of methoxy groups -OCH3 is 1. The molecule has 3 aromatic rings. The zero-order valence-electron chi connectivity index (χ0n) is 23.6. The molecule has 0 aliphatic carbocycles. The number of hydrogen-bond donors (Lipinski definition) is 1. The van der Waals surface area contributed by atoms with Crippen molar-refractivity contribution in [3.05, 3.63) is 59.6 Å². The Morgan fingerprint density at radius 1 is 1.25 bits per heavy atom. The molecule has 3 aromatic heterocycles. The number of aromatic nitrogens is 4. The Balaban J connectivity index is 0.00000141. The summed E-state index contributed by atoms with van der Waals surface area (Å²) in [6.45, 7) is 22.4. The Hall–Kier alpha value is -3.67. The van der Waals surface area contributed by atoms with E-state index in [1.807, 2.05) is 6.07 Å². The number of nitrogens with zero attached hydrogens (tertiary/aromatic N) is 6. The van der Waals surface area contributed by atoms with E-state index in [2.05, 4.69) is 56.1 Å². The van der Waals surface area contributed by atoms with E-state index in [9.17, 15) is 4.39 Å². The molecule has 0 aromatic carbocycles. The van der Waals surface area contributed by atoms with E-state index in [1.54, 1.807) is 25.6 Å². The number of anilines is 1. The fraction of sp³-hybridized carbons (Fsp3) is 0.448. The van der Waals surface area contributed by atoms with E-state index in [0.717, 1.165) is 48.6 Å². The van der Waals surface area contributed by atoms with Crippen LogP contribution in [0.3, 0.4) is 0 Å². The molecule has 0 spiro atoms. The van der Waals surface area contributed by atoms with Gasteiger partial charge in [-0.05, 0) is 6.92 Å². The third-order valence-electron chi connectivity index (χ3n) is 6.23. The number of nitrogens with one attached hydrogen (secondary N) is 1. The van der Waals surface area contributed by atoms with Crippen molar-refractivity contribution in [1.29, 1.82) is 0 Å². The summed E-state index contributed by atoms with van der Waals surface area (Å²) < 4.78 is 29.1. The third-order valence-corrected chi connectivity index (χ3v) is 6.23. The van der Waals surface area contributed by atoms with Gasteiger partial charge >= 0.3 is 0 Å². The fourth-order valence-electron chi connectivity index (χ4n) is 4.18. The van der Waals surface area contributed by atoms with Gasteiger partial charge in [-0.2, -0.15) is 0 Å². The maximum Gasteiger partial charge on any atom is 0.201 e. The van der Waals surface area contributed by atoms with Crippen LogP contribution in [0.1, 0.15) is 24.6 Å². The Bertz CT molecular complexity index is 1380. The number of allylic oxidation sites excluding steroid dienone is 1. The van der Waals surface area contributed by atoms with Crippen molar-refractivity contribution in [2.75, 3.05) is 65.1 Å². The molecule has 1 saturated heterocycles. The Morgan fingerprint density at radius 3 is 2.75 bits per heavy atom. The van der Waals surface area contributed by atoms with Crippen molar-refractivity contribution in [2.45, 2.75) is 25.8 Å². The lowest BCUT2D eigenvalue weighted by molar-refractivity contribution is 0.0659. The van der Waals surface area contributed by atoms with Crippen LogP contribution in [0.5, 0.6) is 0 Å². The Kier molecular flexibility index (Phi) is 12.2. The molecule has 10 nitrogen and oxygen atoms in total. The van der Waals surface area contributed by atoms with Crippen LogP contribution in [0.4, 0.5) is 10.2 Å². The van der Waals surface area contributed by atoms with Gasteiger partial charge in [0, 0.05) is 58.2 Å². The summed E-state index contributed by atoms with van der Waals surface area (Å²) in [6.07, 6.45) is 5.74. The van der Waals surface area contributed by atoms with Crippen molar-refractivity contribution in [3.8, 4) is 0 Å². The number of alkyl halides is 1. The minimum Gasteiger partial charge on any atom is -0.440 e. The Morgan fingerprint density at radius 2 is 2.02 bits per heavy atom. The molecule has 11 heteroatoms. The molecule has 0 bridgehead atoms. The van der Waals surface area contributed by atoms with Crippen molar-refractivity contribution in [3.63, 3.8) is 0 Å². The zero-order valence-corrected chi connectivity index (χ0v) is 23.6. The lowest BCUT2D eigenvalue weighted by atomic mass is 10.00. The van der Waals surface area contributed by atoms with E-state index >= 15 is 0 Å². The van der Waals surface area contributed by atoms with Crippen molar-refractivity contribution >= 4 is 36.3 Å². The molecule has 1 aliphatic rings. The second kappa shape index (κ2) is 15.8. The standard InChI is InChI=1S/C27H35N7O3.C2H5F/c1-6-9-28-19(2)16-30-26-25-23(7-10-29-26)37-27(32-25)22-17-33(18-22)11-8-24-31-20(3)21(4)34(24)12-13-36-15-14-35-5;1-2-3/h6-7,9-10,22H,1-4,8,11-18H2,5H3,(H,29,30);2H2,1H3. The summed E-state index contributed by atoms with van der Waals surface area (Å²) in [5, 5.41) is 4.80. The van der Waals surface area contributed by atoms with Gasteiger partial charge in [0.05, 0.1) is 55.4 Å². The first-order chi connectivity index (χ1) is 19.4. The van der Waals surface area contributed by atoms with Gasteiger partial charge in [-0.1, -0.05) is 32.4 Å². The molecule has 4 rings (SSSR count). The molecule has 0 radical (unpaired) electrons. The predicted molar refractivity (Wildman–Crippen MR) is 158 cm³/mol. The van der Waals surface area contributed by atoms with Crippen molar-refractivity contribution in [1.82, 2.24) is 24.4 Å². The number of halogens is 1. The summed E-state index contributed by atoms with van der Waals surface area (Å²) in [4.78, 5) is 20.4. The van der Waals surface area contributed by atoms with E-state index < -0.39 is 0 Å². The highest BCUT2D eigenvalue weighted by Crippen LogP contribution is 2.31. The molecule has 1 aliphatic heterocycles. The van der Waals surface area contributed by atoms with E-state index in [1.165, 1.54) is 6.92 Å². The van der Waals surface area contributed by atoms with Crippen molar-refractivity contribution < 1.29 is 18.3 Å². The molecule has 4 heterocycles. The van der Waals surface area contributed by atoms with Crippen LogP contribution in [0.25, 0.3) is 24.3 Å². The highest BCUT2D eigenvalue weighted by molar-refractivity contribution is 5.84. The van der Waals surface area contributed by atoms with Gasteiger partial charge in [-0.25, -0.2) is 15.0 Å². The van der Waals surface area contributed by atoms with E-state index in [4.69, 9.17) is 18.9 Å². The number of fused-ring (bicyclic) bond motifs is 1. The number of imidazole rings is 1. The molecule has 0 atom stereocenters. The first-order valence-electron chi connectivity index (χ1n) is 13.3. The third kappa shape index (κ3) is 8.41. The fourth-order valence-corrected chi connectivity index (χ4v) is 4.18. The van der Waals surface area contributed by atoms with Gasteiger partial charge in [0.1, 0.15) is 5.82 Å². The Labute approximate surface area is 234 Å². The average Bonchev–Trinajstić information content (AvgIpc) is 3.46. The molecule has 216 valence electrons. The lowest BCUT2D eigenvalue weighted by Gasteiger charge is -2.37. The maximum atomic E-state index is 10.3. The van der Waals surface area contributed by atoms with Crippen LogP contribution >= 0.6 is 0 Å². The molecule has 40 heavy (non-hydrogen) atoms. The average molecular weight is 554 g/mol. The minimum absolute atomic E-state index is 0.244. The van der Waals surface area contributed by atoms with Gasteiger partial charge < -0.3 is 28.7 Å². The molecule has 0 unspecified atom stereocenters. The highest BCUT2D eigenvalue weighted by Gasteiger charge is 2.32. The monoisotopic (exact) mass is 553 g/mol. The molecule has 0 saturated carbocycles. The van der Waals surface area contributed by atoms with Gasteiger partial charge in [-0.15, -0.1) is 0 Å². The summed E-state index contributed by atoms with van der Waals surface area (Å²) >= 11 is 0. The number of hydrogen-bond acceptors (Lipinski definition) is 9. The SMILES string of the molecule is C=CC=NC(=C)CNc1nccc2oc(C3CN(CCc4nc(=C)c(=C)n4CCOCCOC)C3)nc12.CCF. The molecular formula is C29H40FN7O3. The van der Waals surface area contributed by atoms with Gasteiger partial charge in [0.15, 0.2) is 16.9 Å². The summed E-state index contributed by atoms with van der Waals surface area (Å²) in [5.41, 5.74) is 2.11. The van der Waals surface area contributed by atoms with Crippen LogP contribution in [0.15, 0.2) is 46.6 Å². The zero-order chi connectivity index (χ0) is 28.9. The van der Waals surface area contributed by atoms with Gasteiger partial charge in [0.2, 0.25) is 5.89 Å². The lowest BCUT2D eigenvalue weighted by Crippen LogP contribution is -2.46. The van der Waals surface area contributed by atoms with Gasteiger partial charge in [-0.3, -0.25) is 9.38 Å². The molecule has 1 fully saturated rings. The maximum absolute atomic E-state index is 10.3. The first-order valence-corrected chi connectivity index (χ1v) is 13.3. The second-order valence-electron chi connectivity index (χ2n) is 9.14. The van der Waals surface area contributed by atoms with E-state index in [0.29, 0.717) is 55.4 Å². The molecule has 0 amide bonds. The second-order valence-corrected chi connectivity index (χ2v) is 9.14. The highest BCUT2D eigenvalue weighted by atomic mass is 19.1. The van der Waals surface area contributed by atoms with Gasteiger partial charge in [0.25, 0.3) is 0 Å². The summed E-state index contributed by atoms with van der Waals surface area (Å²) in [5.74, 6) is 2.62. The molecular weight excluding hydrogens is 513 g/mol. The number of aliphatic imine (C=N–C) groups is 1. The van der Waals surface area contributed by atoms with Crippen LogP contribution < -0.4 is 16.0 Å². The van der Waals surface area contributed by atoms with Crippen LogP contribution in [-0.4, -0.2) is 90.4 Å². The summed E-state index contributed by atoms with van der Waals surface area (Å²) in [6, 6.07) is 1.84. The predicted octanol–water partition coefficient (Wildman–Crippen LogP) is 2.70. The summed E-state index contributed by atoms with van der Waals surface area (Å²) in [7, 11) is 1.66. The van der Waals surface area contributed by atoms with Crippen LogP contribution in [0, 0.1) is 0 Å². The van der Waals surface area contributed by atoms with Crippen LogP contribution in [0.2, 0.25) is 0 Å². The number of ether oxygens (including phenoxy) is 2. The normalized spacial score (nSPS) is 13.8. The topological polar surface area (TPSA) is 103 Å². The smallest absolute Gasteiger partial charge is 0.201 e. The number of rotatable bonds is 15. The number of pyridine rings is 1. The first kappa shape index (κ1) is 30.9. The number of oxazole rings is 1. The van der Waals surface area contributed by atoms with Crippen molar-refractivity contribution in [2.24, 2.45) is 4.99 Å². The molecule has 1 N–H and O–H groups in total. The van der Waals surface area contributed by atoms with Crippen LogP contribution in [-0.2, 0) is 22.4 Å². The number of likely N-dealkylation sites (tertiary alicyclic amines) is 1. The largest absolute Gasteiger partial charge is 0.440 e. The minimum atomic E-state index is -0.250. The quantitative estimate of drug-likeness (QED) is 0.226. The van der Waals surface area contributed by atoms with E-state index in [-0.39, 0.29) is 12.6 Å².